The minimum atomic E-state index is 0.123. The van der Waals surface area contributed by atoms with Crippen LogP contribution in [0.15, 0.2) is 18.5 Å². The van der Waals surface area contributed by atoms with Crippen LogP contribution in [0.4, 0.5) is 11.6 Å². The van der Waals surface area contributed by atoms with Gasteiger partial charge in [0.15, 0.2) is 0 Å². The van der Waals surface area contributed by atoms with E-state index in [9.17, 15) is 0 Å². The van der Waals surface area contributed by atoms with Crippen molar-refractivity contribution >= 4 is 11.6 Å². The minimum absolute atomic E-state index is 0.123. The van der Waals surface area contributed by atoms with Crippen LogP contribution in [0.25, 0.3) is 0 Å². The second-order valence-corrected chi connectivity index (χ2v) is 4.26. The smallest absolute Gasteiger partial charge is 0.132 e. The van der Waals surface area contributed by atoms with Crippen LogP contribution in [0.1, 0.15) is 31.3 Å². The van der Waals surface area contributed by atoms with Gasteiger partial charge in [-0.3, -0.25) is 4.68 Å². The fourth-order valence-corrected chi connectivity index (χ4v) is 1.72. The van der Waals surface area contributed by atoms with Crippen LogP contribution in [0.5, 0.6) is 0 Å². The van der Waals surface area contributed by atoms with Crippen LogP contribution in [0.2, 0.25) is 0 Å². The average Bonchev–Trinajstić information content (AvgIpc) is 2.75. The fourth-order valence-electron chi connectivity index (χ4n) is 1.72. The molecule has 0 fully saturated rings. The Morgan fingerprint density at radius 1 is 1.44 bits per heavy atom. The number of nitrogens with zero attached hydrogens (tertiary/aromatic N) is 4. The Bertz CT molecular complexity index is 533. The van der Waals surface area contributed by atoms with Crippen molar-refractivity contribution in [3.05, 3.63) is 29.8 Å². The molecule has 2 aromatic rings. The lowest BCUT2D eigenvalue weighted by Gasteiger charge is -2.13. The Labute approximate surface area is 106 Å². The van der Waals surface area contributed by atoms with E-state index < -0.39 is 0 Å². The molecule has 0 aliphatic carbocycles. The highest BCUT2D eigenvalue weighted by molar-refractivity contribution is 5.46. The van der Waals surface area contributed by atoms with Crippen molar-refractivity contribution in [2.24, 2.45) is 7.05 Å². The van der Waals surface area contributed by atoms with Crippen LogP contribution >= 0.6 is 0 Å². The lowest BCUT2D eigenvalue weighted by atomic mass is 10.2. The van der Waals surface area contributed by atoms with Crippen molar-refractivity contribution in [2.45, 2.75) is 26.3 Å². The highest BCUT2D eigenvalue weighted by Gasteiger charge is 2.09. The third kappa shape index (κ3) is 2.77. The maximum Gasteiger partial charge on any atom is 0.132 e. The maximum atomic E-state index is 5.75. The second kappa shape index (κ2) is 5.03. The van der Waals surface area contributed by atoms with Crippen molar-refractivity contribution in [1.29, 1.82) is 0 Å². The van der Waals surface area contributed by atoms with Crippen LogP contribution in [0.3, 0.4) is 0 Å². The average molecular weight is 246 g/mol. The van der Waals surface area contributed by atoms with Crippen molar-refractivity contribution in [3.8, 4) is 0 Å². The molecule has 18 heavy (non-hydrogen) atoms. The zero-order chi connectivity index (χ0) is 13.1. The normalized spacial score (nSPS) is 12.4. The molecule has 0 amide bonds. The van der Waals surface area contributed by atoms with Gasteiger partial charge in [-0.15, -0.1) is 0 Å². The van der Waals surface area contributed by atoms with Gasteiger partial charge in [-0.25, -0.2) is 9.97 Å². The van der Waals surface area contributed by atoms with Crippen molar-refractivity contribution in [1.82, 2.24) is 19.7 Å². The molecule has 3 N–H and O–H groups in total. The van der Waals surface area contributed by atoms with Crippen LogP contribution in [-0.2, 0) is 13.5 Å². The molecule has 6 heteroatoms. The zero-order valence-electron chi connectivity index (χ0n) is 10.9. The minimum Gasteiger partial charge on any atom is -0.384 e. The maximum absolute atomic E-state index is 5.75. The lowest BCUT2D eigenvalue weighted by Crippen LogP contribution is -2.10. The first-order chi connectivity index (χ1) is 8.58. The van der Waals surface area contributed by atoms with Gasteiger partial charge in [0.1, 0.15) is 17.5 Å². The molecule has 0 saturated carbocycles. The molecule has 1 atom stereocenters. The first kappa shape index (κ1) is 12.3. The monoisotopic (exact) mass is 246 g/mol. The molecule has 0 aromatic carbocycles. The predicted molar refractivity (Wildman–Crippen MR) is 71.1 cm³/mol. The van der Waals surface area contributed by atoms with E-state index in [1.54, 1.807) is 10.7 Å². The third-order valence-corrected chi connectivity index (χ3v) is 2.70. The van der Waals surface area contributed by atoms with Gasteiger partial charge >= 0.3 is 0 Å². The highest BCUT2D eigenvalue weighted by atomic mass is 15.2. The number of hydrogen-bond donors (Lipinski definition) is 2. The van der Waals surface area contributed by atoms with E-state index in [4.69, 9.17) is 5.73 Å². The molecule has 0 radical (unpaired) electrons. The highest BCUT2D eigenvalue weighted by Crippen LogP contribution is 2.18. The van der Waals surface area contributed by atoms with Gasteiger partial charge in [-0.2, -0.15) is 5.10 Å². The molecular formula is C12H18N6. The summed E-state index contributed by atoms with van der Waals surface area (Å²) in [7, 11) is 1.90. The van der Waals surface area contributed by atoms with Crippen molar-refractivity contribution < 1.29 is 0 Å². The number of nitrogens with two attached hydrogens (primary N) is 1. The molecule has 96 valence electrons. The van der Waals surface area contributed by atoms with E-state index in [2.05, 4.69) is 27.3 Å². The molecule has 6 nitrogen and oxygen atoms in total. The summed E-state index contributed by atoms with van der Waals surface area (Å²) in [5.74, 6) is 1.98. The Morgan fingerprint density at radius 3 is 2.83 bits per heavy atom. The Hall–Kier alpha value is -2.11. The lowest BCUT2D eigenvalue weighted by molar-refractivity contribution is 0.765. The van der Waals surface area contributed by atoms with Gasteiger partial charge in [-0.05, 0) is 6.92 Å². The molecule has 0 aliphatic rings. The number of anilines is 2. The molecule has 2 aromatic heterocycles. The second-order valence-electron chi connectivity index (χ2n) is 4.26. The number of aromatic nitrogens is 4. The van der Waals surface area contributed by atoms with Crippen LogP contribution in [0, 0.1) is 0 Å². The molecule has 2 rings (SSSR count). The summed E-state index contributed by atoms with van der Waals surface area (Å²) in [5.41, 5.74) is 6.85. The van der Waals surface area contributed by atoms with Gasteiger partial charge in [0.2, 0.25) is 0 Å². The van der Waals surface area contributed by atoms with E-state index in [0.29, 0.717) is 5.82 Å². The number of hydrogen-bond acceptors (Lipinski definition) is 5. The quantitative estimate of drug-likeness (QED) is 0.855. The third-order valence-electron chi connectivity index (χ3n) is 2.70. The Kier molecular flexibility index (Phi) is 3.45. The number of rotatable bonds is 4. The van der Waals surface area contributed by atoms with Gasteiger partial charge < -0.3 is 11.1 Å². The topological polar surface area (TPSA) is 81.6 Å². The molecule has 0 aliphatic heterocycles. The largest absolute Gasteiger partial charge is 0.384 e. The van der Waals surface area contributed by atoms with Gasteiger partial charge in [-0.1, -0.05) is 6.92 Å². The standard InChI is InChI=1S/C12H18N6/c1-4-11-16-10(13)5-12(17-11)15-8(2)9-6-14-18(3)7-9/h5-8H,4H2,1-3H3,(H3,13,15,16,17). The summed E-state index contributed by atoms with van der Waals surface area (Å²) in [6.07, 6.45) is 4.58. The summed E-state index contributed by atoms with van der Waals surface area (Å²) in [4.78, 5) is 8.54. The summed E-state index contributed by atoms with van der Waals surface area (Å²) in [6.45, 7) is 4.06. The molecule has 1 unspecified atom stereocenters. The van der Waals surface area contributed by atoms with E-state index in [1.165, 1.54) is 0 Å². The van der Waals surface area contributed by atoms with Crippen molar-refractivity contribution in [2.75, 3.05) is 11.1 Å². The molecular weight excluding hydrogens is 228 g/mol. The number of nitrogen functional groups attached to an aromatic ring is 1. The summed E-state index contributed by atoms with van der Waals surface area (Å²) in [6, 6.07) is 1.86. The van der Waals surface area contributed by atoms with E-state index >= 15 is 0 Å². The van der Waals surface area contributed by atoms with Crippen molar-refractivity contribution in [3.63, 3.8) is 0 Å². The molecule has 0 spiro atoms. The first-order valence-electron chi connectivity index (χ1n) is 5.97. The first-order valence-corrected chi connectivity index (χ1v) is 5.97. The Balaban J connectivity index is 2.16. The summed E-state index contributed by atoms with van der Waals surface area (Å²) >= 11 is 0. The van der Waals surface area contributed by atoms with E-state index in [1.807, 2.05) is 26.4 Å². The zero-order valence-corrected chi connectivity index (χ0v) is 10.9. The fraction of sp³-hybridized carbons (Fsp3) is 0.417. The molecule has 0 saturated heterocycles. The van der Waals surface area contributed by atoms with Crippen LogP contribution < -0.4 is 11.1 Å². The molecule has 2 heterocycles. The van der Waals surface area contributed by atoms with E-state index in [-0.39, 0.29) is 6.04 Å². The van der Waals surface area contributed by atoms with Gasteiger partial charge in [0, 0.05) is 31.3 Å². The number of nitrogens with one attached hydrogen (secondary N) is 1. The summed E-state index contributed by atoms with van der Waals surface area (Å²) < 4.78 is 1.78. The molecule has 0 bridgehead atoms. The SMILES string of the molecule is CCc1nc(N)cc(NC(C)c2cnn(C)c2)n1. The summed E-state index contributed by atoms with van der Waals surface area (Å²) in [5, 5.41) is 7.45. The van der Waals surface area contributed by atoms with Gasteiger partial charge in [0.25, 0.3) is 0 Å². The van der Waals surface area contributed by atoms with Crippen LogP contribution in [-0.4, -0.2) is 19.7 Å². The van der Waals surface area contributed by atoms with E-state index in [0.717, 1.165) is 23.6 Å². The predicted octanol–water partition coefficient (Wildman–Crippen LogP) is 1.53. The Morgan fingerprint density at radius 2 is 2.22 bits per heavy atom. The number of aryl methyl sites for hydroxylation is 2. The van der Waals surface area contributed by atoms with Gasteiger partial charge in [0.05, 0.1) is 12.2 Å².